The number of aliphatic imine (C=N–C) groups is 1. The van der Waals surface area contributed by atoms with Crippen LogP contribution in [0.3, 0.4) is 0 Å². The van der Waals surface area contributed by atoms with Crippen molar-refractivity contribution in [3.63, 3.8) is 0 Å². The molecule has 0 bridgehead atoms. The molecule has 2 aliphatic heterocycles. The zero-order chi connectivity index (χ0) is 15.8. The zero-order valence-corrected chi connectivity index (χ0v) is 14.8. The SMILES string of the molecule is CCC1CCCCN1CCNC(=NC)NCC1CCN(C)C1. The van der Waals surface area contributed by atoms with Gasteiger partial charge in [-0.1, -0.05) is 13.3 Å². The first kappa shape index (κ1) is 17.5. The summed E-state index contributed by atoms with van der Waals surface area (Å²) in [5, 5.41) is 6.97. The van der Waals surface area contributed by atoms with E-state index >= 15 is 0 Å². The molecular weight excluding hydrogens is 274 g/mol. The molecule has 0 aromatic heterocycles. The van der Waals surface area contributed by atoms with Crippen molar-refractivity contribution in [1.29, 1.82) is 0 Å². The molecule has 2 atom stereocenters. The first-order valence-corrected chi connectivity index (χ1v) is 9.10. The lowest BCUT2D eigenvalue weighted by Gasteiger charge is -2.35. The Kier molecular flexibility index (Phi) is 7.46. The van der Waals surface area contributed by atoms with E-state index < -0.39 is 0 Å². The van der Waals surface area contributed by atoms with Crippen molar-refractivity contribution in [2.75, 3.05) is 53.4 Å². The maximum Gasteiger partial charge on any atom is 0.191 e. The fourth-order valence-corrected chi connectivity index (χ4v) is 3.79. The molecule has 0 radical (unpaired) electrons. The van der Waals surface area contributed by atoms with Gasteiger partial charge in [0.25, 0.3) is 0 Å². The molecule has 2 saturated heterocycles. The van der Waals surface area contributed by atoms with Gasteiger partial charge in [0.05, 0.1) is 0 Å². The highest BCUT2D eigenvalue weighted by atomic mass is 15.2. The summed E-state index contributed by atoms with van der Waals surface area (Å²) >= 11 is 0. The Balaban J connectivity index is 1.63. The summed E-state index contributed by atoms with van der Waals surface area (Å²) in [7, 11) is 4.07. The second kappa shape index (κ2) is 9.36. The first-order chi connectivity index (χ1) is 10.7. The average Bonchev–Trinajstić information content (AvgIpc) is 2.96. The third-order valence-electron chi connectivity index (χ3n) is 5.18. The third kappa shape index (κ3) is 5.43. The van der Waals surface area contributed by atoms with Gasteiger partial charge in [-0.15, -0.1) is 0 Å². The Labute approximate surface area is 136 Å². The van der Waals surface area contributed by atoms with E-state index in [1.807, 2.05) is 7.05 Å². The van der Waals surface area contributed by atoms with E-state index in [2.05, 4.69) is 39.4 Å². The van der Waals surface area contributed by atoms with Gasteiger partial charge in [0.1, 0.15) is 0 Å². The van der Waals surface area contributed by atoms with Crippen molar-refractivity contribution in [2.45, 2.75) is 45.1 Å². The molecule has 2 aliphatic rings. The van der Waals surface area contributed by atoms with Crippen LogP contribution in [-0.2, 0) is 0 Å². The van der Waals surface area contributed by atoms with Crippen molar-refractivity contribution in [1.82, 2.24) is 20.4 Å². The van der Waals surface area contributed by atoms with Gasteiger partial charge in [0.2, 0.25) is 0 Å². The van der Waals surface area contributed by atoms with Crippen molar-refractivity contribution in [3.05, 3.63) is 0 Å². The van der Waals surface area contributed by atoms with Crippen LogP contribution < -0.4 is 10.6 Å². The Morgan fingerprint density at radius 3 is 2.73 bits per heavy atom. The fraction of sp³-hybridized carbons (Fsp3) is 0.941. The Hall–Kier alpha value is -0.810. The molecule has 0 aromatic carbocycles. The molecule has 2 heterocycles. The number of nitrogens with zero attached hydrogens (tertiary/aromatic N) is 3. The highest BCUT2D eigenvalue weighted by Crippen LogP contribution is 2.18. The molecule has 5 nitrogen and oxygen atoms in total. The van der Waals surface area contributed by atoms with E-state index in [1.165, 1.54) is 51.7 Å². The maximum atomic E-state index is 4.35. The summed E-state index contributed by atoms with van der Waals surface area (Å²) in [5.41, 5.74) is 0. The second-order valence-corrected chi connectivity index (χ2v) is 6.89. The average molecular weight is 310 g/mol. The van der Waals surface area contributed by atoms with Crippen LogP contribution in [0.2, 0.25) is 0 Å². The third-order valence-corrected chi connectivity index (χ3v) is 5.18. The smallest absolute Gasteiger partial charge is 0.191 e. The number of piperidine rings is 1. The maximum absolute atomic E-state index is 4.35. The first-order valence-electron chi connectivity index (χ1n) is 9.10. The summed E-state index contributed by atoms with van der Waals surface area (Å²) in [5.74, 6) is 1.72. The number of guanidine groups is 1. The van der Waals surface area contributed by atoms with Gasteiger partial charge in [-0.05, 0) is 51.7 Å². The number of hydrogen-bond acceptors (Lipinski definition) is 3. The predicted molar refractivity (Wildman–Crippen MR) is 94.5 cm³/mol. The van der Waals surface area contributed by atoms with Crippen molar-refractivity contribution in [2.24, 2.45) is 10.9 Å². The van der Waals surface area contributed by atoms with Gasteiger partial charge in [-0.3, -0.25) is 9.89 Å². The van der Waals surface area contributed by atoms with Crippen molar-refractivity contribution < 1.29 is 0 Å². The Morgan fingerprint density at radius 2 is 2.05 bits per heavy atom. The fourth-order valence-electron chi connectivity index (χ4n) is 3.79. The summed E-state index contributed by atoms with van der Waals surface area (Å²) in [6.07, 6.45) is 6.72. The molecule has 5 heteroatoms. The van der Waals surface area contributed by atoms with Crippen LogP contribution in [0.25, 0.3) is 0 Å². The van der Waals surface area contributed by atoms with E-state index in [4.69, 9.17) is 0 Å². The molecule has 2 N–H and O–H groups in total. The van der Waals surface area contributed by atoms with Crippen LogP contribution in [-0.4, -0.2) is 75.2 Å². The van der Waals surface area contributed by atoms with E-state index in [-0.39, 0.29) is 0 Å². The molecule has 128 valence electrons. The minimum atomic E-state index is 0.759. The zero-order valence-electron chi connectivity index (χ0n) is 14.8. The van der Waals surface area contributed by atoms with E-state index in [0.717, 1.165) is 37.6 Å². The van der Waals surface area contributed by atoms with E-state index in [9.17, 15) is 0 Å². The lowest BCUT2D eigenvalue weighted by atomic mass is 10.0. The van der Waals surface area contributed by atoms with Crippen LogP contribution in [0, 0.1) is 5.92 Å². The summed E-state index contributed by atoms with van der Waals surface area (Å²) < 4.78 is 0. The largest absolute Gasteiger partial charge is 0.356 e. The van der Waals surface area contributed by atoms with Crippen LogP contribution in [0.5, 0.6) is 0 Å². The van der Waals surface area contributed by atoms with Gasteiger partial charge >= 0.3 is 0 Å². The number of hydrogen-bond donors (Lipinski definition) is 2. The molecular formula is C17H35N5. The minimum Gasteiger partial charge on any atom is -0.356 e. The molecule has 22 heavy (non-hydrogen) atoms. The summed E-state index contributed by atoms with van der Waals surface area (Å²) in [6, 6.07) is 0.791. The Morgan fingerprint density at radius 1 is 1.18 bits per heavy atom. The Bertz CT molecular complexity index is 344. The van der Waals surface area contributed by atoms with E-state index in [1.54, 1.807) is 0 Å². The molecule has 2 rings (SSSR count). The number of rotatable bonds is 6. The van der Waals surface area contributed by atoms with Crippen LogP contribution in [0.1, 0.15) is 39.0 Å². The monoisotopic (exact) mass is 309 g/mol. The lowest BCUT2D eigenvalue weighted by molar-refractivity contribution is 0.147. The van der Waals surface area contributed by atoms with Crippen LogP contribution in [0.15, 0.2) is 4.99 Å². The second-order valence-electron chi connectivity index (χ2n) is 6.89. The highest BCUT2D eigenvalue weighted by molar-refractivity contribution is 5.79. The summed E-state index contributed by atoms with van der Waals surface area (Å²) in [6.45, 7) is 9.16. The molecule has 0 spiro atoms. The molecule has 2 fully saturated rings. The predicted octanol–water partition coefficient (Wildman–Crippen LogP) is 1.37. The minimum absolute atomic E-state index is 0.759. The number of likely N-dealkylation sites (tertiary alicyclic amines) is 2. The van der Waals surface area contributed by atoms with Gasteiger partial charge in [0.15, 0.2) is 5.96 Å². The standard InChI is InChI=1S/C17H35N5/c1-4-16-7-5-6-10-22(16)12-9-19-17(18-2)20-13-15-8-11-21(3)14-15/h15-16H,4-14H2,1-3H3,(H2,18,19,20). The van der Waals surface area contributed by atoms with E-state index in [0.29, 0.717) is 0 Å². The molecule has 0 amide bonds. The number of nitrogens with one attached hydrogen (secondary N) is 2. The van der Waals surface area contributed by atoms with Gasteiger partial charge in [-0.25, -0.2) is 0 Å². The van der Waals surface area contributed by atoms with Crippen molar-refractivity contribution in [3.8, 4) is 0 Å². The van der Waals surface area contributed by atoms with Crippen molar-refractivity contribution >= 4 is 5.96 Å². The van der Waals surface area contributed by atoms with Crippen LogP contribution >= 0.6 is 0 Å². The lowest BCUT2D eigenvalue weighted by Crippen LogP contribution is -2.46. The normalized spacial score (nSPS) is 28.0. The summed E-state index contributed by atoms with van der Waals surface area (Å²) in [4.78, 5) is 9.41. The van der Waals surface area contributed by atoms with Gasteiger partial charge < -0.3 is 15.5 Å². The highest BCUT2D eigenvalue weighted by Gasteiger charge is 2.21. The van der Waals surface area contributed by atoms with Gasteiger partial charge in [0, 0.05) is 39.3 Å². The molecule has 0 aromatic rings. The van der Waals surface area contributed by atoms with Crippen LogP contribution in [0.4, 0.5) is 0 Å². The molecule has 2 unspecified atom stereocenters. The molecule has 0 saturated carbocycles. The molecule has 0 aliphatic carbocycles. The quantitative estimate of drug-likeness (QED) is 0.574. The topological polar surface area (TPSA) is 42.9 Å². The van der Waals surface area contributed by atoms with Gasteiger partial charge in [-0.2, -0.15) is 0 Å².